The maximum Gasteiger partial charge on any atom is 0.134 e. The maximum absolute atomic E-state index is 10.1. The average molecular weight is 380 g/mol. The summed E-state index contributed by atoms with van der Waals surface area (Å²) in [6, 6.07) is 10.6. The van der Waals surface area contributed by atoms with E-state index in [0.29, 0.717) is 6.54 Å². The van der Waals surface area contributed by atoms with E-state index in [1.54, 1.807) is 6.33 Å². The molecule has 0 bridgehead atoms. The van der Waals surface area contributed by atoms with Crippen molar-refractivity contribution in [3.63, 3.8) is 0 Å². The van der Waals surface area contributed by atoms with Gasteiger partial charge in [0.05, 0.1) is 6.10 Å². The third kappa shape index (κ3) is 4.10. The van der Waals surface area contributed by atoms with Crippen LogP contribution in [0.15, 0.2) is 42.9 Å². The standard InChI is InChI=1S/C21H28N6O/c1-26(2)12-16-9-17(28)13-27(16)21-10-20(24-14-25-21)22-8-7-15-11-23-19-6-4-3-5-18(15)19/h3-6,10-11,14,16-17,23,28H,7-9,12-13H2,1-2H3,(H,22,24,25)/t16-,17-/m1/s1. The molecule has 2 aromatic heterocycles. The lowest BCUT2D eigenvalue weighted by molar-refractivity contribution is 0.191. The van der Waals surface area contributed by atoms with Gasteiger partial charge >= 0.3 is 0 Å². The van der Waals surface area contributed by atoms with Crippen LogP contribution in [-0.2, 0) is 6.42 Å². The number of nitrogens with zero attached hydrogens (tertiary/aromatic N) is 4. The van der Waals surface area contributed by atoms with Crippen LogP contribution in [0.3, 0.4) is 0 Å². The number of aliphatic hydroxyl groups excluding tert-OH is 1. The minimum absolute atomic E-state index is 0.263. The van der Waals surface area contributed by atoms with Crippen molar-refractivity contribution in [3.05, 3.63) is 48.4 Å². The SMILES string of the molecule is CN(C)C[C@H]1C[C@@H](O)CN1c1cc(NCCc2c[nH]c3ccccc23)ncn1. The molecule has 7 nitrogen and oxygen atoms in total. The van der Waals surface area contributed by atoms with Gasteiger partial charge in [-0.3, -0.25) is 0 Å². The van der Waals surface area contributed by atoms with Gasteiger partial charge in [-0.2, -0.15) is 0 Å². The first-order valence-electron chi connectivity index (χ1n) is 9.80. The summed E-state index contributed by atoms with van der Waals surface area (Å²) in [5.74, 6) is 1.68. The highest BCUT2D eigenvalue weighted by molar-refractivity contribution is 5.83. The maximum atomic E-state index is 10.1. The van der Waals surface area contributed by atoms with E-state index in [2.05, 4.69) is 68.6 Å². The van der Waals surface area contributed by atoms with Crippen LogP contribution in [0.25, 0.3) is 10.9 Å². The van der Waals surface area contributed by atoms with Gasteiger partial charge in [-0.15, -0.1) is 0 Å². The van der Waals surface area contributed by atoms with Crippen molar-refractivity contribution in [2.45, 2.75) is 25.0 Å². The zero-order chi connectivity index (χ0) is 19.5. The highest BCUT2D eigenvalue weighted by Crippen LogP contribution is 2.26. The van der Waals surface area contributed by atoms with Crippen molar-refractivity contribution >= 4 is 22.5 Å². The molecular formula is C21H28N6O. The van der Waals surface area contributed by atoms with Crippen LogP contribution in [0.2, 0.25) is 0 Å². The molecule has 3 heterocycles. The molecule has 0 amide bonds. The van der Waals surface area contributed by atoms with E-state index in [1.165, 1.54) is 16.5 Å². The fourth-order valence-electron chi connectivity index (χ4n) is 4.03. The van der Waals surface area contributed by atoms with Crippen molar-refractivity contribution < 1.29 is 5.11 Å². The van der Waals surface area contributed by atoms with Gasteiger partial charge < -0.3 is 25.2 Å². The van der Waals surface area contributed by atoms with Crippen LogP contribution in [0.1, 0.15) is 12.0 Å². The Bertz CT molecular complexity index is 924. The van der Waals surface area contributed by atoms with Gasteiger partial charge in [0.1, 0.15) is 18.0 Å². The molecule has 2 atom stereocenters. The highest BCUT2D eigenvalue weighted by atomic mass is 16.3. The van der Waals surface area contributed by atoms with Gasteiger partial charge in [0.2, 0.25) is 0 Å². The van der Waals surface area contributed by atoms with Gasteiger partial charge in [-0.05, 0) is 38.6 Å². The summed E-state index contributed by atoms with van der Waals surface area (Å²) in [4.78, 5) is 16.5. The summed E-state index contributed by atoms with van der Waals surface area (Å²) in [6.07, 6.45) is 5.05. The largest absolute Gasteiger partial charge is 0.391 e. The van der Waals surface area contributed by atoms with Crippen LogP contribution in [-0.4, -0.2) is 70.8 Å². The van der Waals surface area contributed by atoms with E-state index in [-0.39, 0.29) is 12.1 Å². The van der Waals surface area contributed by atoms with Crippen LogP contribution in [0.4, 0.5) is 11.6 Å². The van der Waals surface area contributed by atoms with E-state index in [4.69, 9.17) is 0 Å². The summed E-state index contributed by atoms with van der Waals surface area (Å²) in [5.41, 5.74) is 2.47. The number of nitrogens with one attached hydrogen (secondary N) is 2. The number of para-hydroxylation sites is 1. The number of aliphatic hydroxyl groups is 1. The Morgan fingerprint density at radius 1 is 1.29 bits per heavy atom. The second-order valence-corrected chi connectivity index (χ2v) is 7.76. The number of aromatic nitrogens is 3. The normalized spacial score (nSPS) is 19.6. The number of hydrogen-bond acceptors (Lipinski definition) is 6. The summed E-state index contributed by atoms with van der Waals surface area (Å²) < 4.78 is 0. The molecule has 148 valence electrons. The molecule has 3 aromatic rings. The second-order valence-electron chi connectivity index (χ2n) is 7.76. The molecule has 0 radical (unpaired) electrons. The highest BCUT2D eigenvalue weighted by Gasteiger charge is 2.32. The third-order valence-electron chi connectivity index (χ3n) is 5.29. The minimum atomic E-state index is -0.307. The number of hydrogen-bond donors (Lipinski definition) is 3. The van der Waals surface area contributed by atoms with Crippen LogP contribution in [0, 0.1) is 0 Å². The van der Waals surface area contributed by atoms with Crippen LogP contribution < -0.4 is 10.2 Å². The first-order valence-corrected chi connectivity index (χ1v) is 9.80. The lowest BCUT2D eigenvalue weighted by Crippen LogP contribution is -2.38. The summed E-state index contributed by atoms with van der Waals surface area (Å²) in [5, 5.41) is 14.8. The first kappa shape index (κ1) is 18.7. The van der Waals surface area contributed by atoms with Gasteiger partial charge in [0.25, 0.3) is 0 Å². The van der Waals surface area contributed by atoms with E-state index < -0.39 is 0 Å². The number of likely N-dealkylation sites (N-methyl/N-ethyl adjacent to an activating group) is 1. The van der Waals surface area contributed by atoms with Crippen molar-refractivity contribution in [2.75, 3.05) is 43.9 Å². The Morgan fingerprint density at radius 3 is 3.00 bits per heavy atom. The molecule has 28 heavy (non-hydrogen) atoms. The van der Waals surface area contributed by atoms with Crippen molar-refractivity contribution in [2.24, 2.45) is 0 Å². The fraction of sp³-hybridized carbons (Fsp3) is 0.429. The Morgan fingerprint density at radius 2 is 2.14 bits per heavy atom. The first-order chi connectivity index (χ1) is 13.6. The molecule has 1 aliphatic heterocycles. The number of H-pyrrole nitrogens is 1. The predicted octanol–water partition coefficient (Wildman–Crippen LogP) is 2.11. The van der Waals surface area contributed by atoms with Crippen LogP contribution >= 0.6 is 0 Å². The van der Waals surface area contributed by atoms with E-state index in [1.807, 2.05) is 12.1 Å². The smallest absolute Gasteiger partial charge is 0.134 e. The Labute approximate surface area is 165 Å². The van der Waals surface area contributed by atoms with Gasteiger partial charge in [0.15, 0.2) is 0 Å². The number of benzene rings is 1. The lowest BCUT2D eigenvalue weighted by Gasteiger charge is -2.27. The molecule has 1 saturated heterocycles. The van der Waals surface area contributed by atoms with Crippen molar-refractivity contribution in [1.29, 1.82) is 0 Å². The number of aromatic amines is 1. The van der Waals surface area contributed by atoms with Crippen molar-refractivity contribution in [1.82, 2.24) is 19.9 Å². The van der Waals surface area contributed by atoms with Gasteiger partial charge in [0, 0.05) is 48.8 Å². The second kappa shape index (κ2) is 8.16. The predicted molar refractivity (Wildman–Crippen MR) is 113 cm³/mol. The van der Waals surface area contributed by atoms with E-state index in [0.717, 1.165) is 37.6 Å². The zero-order valence-corrected chi connectivity index (χ0v) is 16.5. The zero-order valence-electron chi connectivity index (χ0n) is 16.5. The summed E-state index contributed by atoms with van der Waals surface area (Å²) in [6.45, 7) is 2.30. The molecule has 4 rings (SSSR count). The molecule has 0 spiro atoms. The Balaban J connectivity index is 1.41. The van der Waals surface area contributed by atoms with Gasteiger partial charge in [-0.25, -0.2) is 9.97 Å². The molecule has 1 fully saturated rings. The number of β-amino-alcohol motifs (C(OH)–C–C–N with tert-alkyl or cyclic N) is 1. The lowest BCUT2D eigenvalue weighted by atomic mass is 10.1. The van der Waals surface area contributed by atoms with Gasteiger partial charge in [-0.1, -0.05) is 18.2 Å². The third-order valence-corrected chi connectivity index (χ3v) is 5.29. The van der Waals surface area contributed by atoms with E-state index in [9.17, 15) is 5.11 Å². The molecule has 0 aliphatic carbocycles. The summed E-state index contributed by atoms with van der Waals surface area (Å²) in [7, 11) is 4.11. The molecule has 3 N–H and O–H groups in total. The molecule has 7 heteroatoms. The molecule has 1 aromatic carbocycles. The van der Waals surface area contributed by atoms with Crippen molar-refractivity contribution in [3.8, 4) is 0 Å². The molecule has 1 aliphatic rings. The Kier molecular flexibility index (Phi) is 5.45. The topological polar surface area (TPSA) is 80.3 Å². The quantitative estimate of drug-likeness (QED) is 0.583. The average Bonchev–Trinajstić information content (AvgIpc) is 3.25. The van der Waals surface area contributed by atoms with Crippen LogP contribution in [0.5, 0.6) is 0 Å². The monoisotopic (exact) mass is 380 g/mol. The number of anilines is 2. The van der Waals surface area contributed by atoms with E-state index >= 15 is 0 Å². The number of rotatable bonds is 7. The minimum Gasteiger partial charge on any atom is -0.391 e. The fourth-order valence-corrected chi connectivity index (χ4v) is 4.03. The summed E-state index contributed by atoms with van der Waals surface area (Å²) >= 11 is 0. The molecular weight excluding hydrogens is 352 g/mol. The number of fused-ring (bicyclic) bond motifs is 1. The Hall–Kier alpha value is -2.64. The molecule has 0 saturated carbocycles. The molecule has 0 unspecified atom stereocenters.